The van der Waals surface area contributed by atoms with E-state index in [0.717, 1.165) is 12.1 Å². The smallest absolute Gasteiger partial charge is 0.247 e. The number of benzene rings is 1. The molecule has 1 atom stereocenters. The zero-order valence-electron chi connectivity index (χ0n) is 9.10. The Balaban J connectivity index is 2.12. The molecule has 1 heterocycles. The summed E-state index contributed by atoms with van der Waals surface area (Å²) in [6.07, 6.45) is 0.612. The summed E-state index contributed by atoms with van der Waals surface area (Å²) in [5.74, 6) is -2.21. The van der Waals surface area contributed by atoms with Gasteiger partial charge in [0.25, 0.3) is 0 Å². The fraction of sp³-hybridized carbons (Fsp3) is 0.273. The van der Waals surface area contributed by atoms with Crippen LogP contribution in [0.25, 0.3) is 0 Å². The molecule has 96 valence electrons. The maximum absolute atomic E-state index is 13.5. The van der Waals surface area contributed by atoms with Crippen LogP contribution in [-0.2, 0) is 9.59 Å². The molecular weight excluding hydrogens is 310 g/mol. The van der Waals surface area contributed by atoms with Gasteiger partial charge in [-0.05, 0) is 28.4 Å². The van der Waals surface area contributed by atoms with E-state index in [-0.39, 0.29) is 22.5 Å². The van der Waals surface area contributed by atoms with Crippen molar-refractivity contribution >= 4 is 33.4 Å². The van der Waals surface area contributed by atoms with Gasteiger partial charge in [-0.15, -0.1) is 0 Å². The molecule has 1 fully saturated rings. The minimum Gasteiger partial charge on any atom is -0.344 e. The van der Waals surface area contributed by atoms with Crippen LogP contribution in [0.5, 0.6) is 0 Å². The van der Waals surface area contributed by atoms with Crippen LogP contribution < -0.4 is 10.6 Å². The fourth-order valence-electron chi connectivity index (χ4n) is 1.65. The molecule has 2 N–H and O–H groups in total. The van der Waals surface area contributed by atoms with Crippen LogP contribution >= 0.6 is 15.9 Å². The van der Waals surface area contributed by atoms with Crippen molar-refractivity contribution in [3.05, 3.63) is 28.2 Å². The topological polar surface area (TPSA) is 58.2 Å². The van der Waals surface area contributed by atoms with E-state index < -0.39 is 23.6 Å². The number of carbonyl (C=O) groups is 2. The zero-order valence-corrected chi connectivity index (χ0v) is 10.7. The molecule has 1 aromatic rings. The summed E-state index contributed by atoms with van der Waals surface area (Å²) in [6.45, 7) is 0. The van der Waals surface area contributed by atoms with Crippen LogP contribution in [-0.4, -0.2) is 17.9 Å². The van der Waals surface area contributed by atoms with E-state index in [4.69, 9.17) is 0 Å². The highest BCUT2D eigenvalue weighted by molar-refractivity contribution is 9.10. The molecule has 7 heteroatoms. The van der Waals surface area contributed by atoms with Gasteiger partial charge in [0.05, 0.1) is 10.2 Å². The highest BCUT2D eigenvalue weighted by atomic mass is 79.9. The monoisotopic (exact) mass is 318 g/mol. The van der Waals surface area contributed by atoms with Crippen molar-refractivity contribution < 1.29 is 18.4 Å². The lowest BCUT2D eigenvalue weighted by atomic mass is 10.2. The molecule has 1 aliphatic rings. The molecule has 0 aromatic heterocycles. The molecule has 2 rings (SSSR count). The fourth-order valence-corrected chi connectivity index (χ4v) is 1.96. The Morgan fingerprint density at radius 1 is 1.39 bits per heavy atom. The standard InChI is InChI=1S/C11H9BrF2N2O2/c12-5-3-7(14)9(4-6(5)13)16-11(18)8-1-2-10(17)15-8/h3-4,8H,1-2H2,(H,15,17)(H,16,18). The predicted octanol–water partition coefficient (Wildman–Crippen LogP) is 1.94. The van der Waals surface area contributed by atoms with Crippen molar-refractivity contribution in [1.82, 2.24) is 5.32 Å². The minimum absolute atomic E-state index is 0.0211. The Labute approximate surface area is 110 Å². The Morgan fingerprint density at radius 2 is 2.11 bits per heavy atom. The largest absolute Gasteiger partial charge is 0.344 e. The molecule has 0 bridgehead atoms. The van der Waals surface area contributed by atoms with Gasteiger partial charge in [-0.3, -0.25) is 9.59 Å². The van der Waals surface area contributed by atoms with Crippen molar-refractivity contribution in [2.75, 3.05) is 5.32 Å². The summed E-state index contributed by atoms with van der Waals surface area (Å²) in [5.41, 5.74) is -0.248. The normalized spacial score (nSPS) is 18.6. The zero-order chi connectivity index (χ0) is 13.3. The van der Waals surface area contributed by atoms with E-state index in [0.29, 0.717) is 6.42 Å². The number of hydrogen-bond acceptors (Lipinski definition) is 2. The first kappa shape index (κ1) is 12.9. The van der Waals surface area contributed by atoms with E-state index in [2.05, 4.69) is 26.6 Å². The van der Waals surface area contributed by atoms with Gasteiger partial charge in [0.1, 0.15) is 17.7 Å². The molecular formula is C11H9BrF2N2O2. The second-order valence-electron chi connectivity index (χ2n) is 3.89. The first-order valence-corrected chi connectivity index (χ1v) is 6.01. The van der Waals surface area contributed by atoms with Gasteiger partial charge in [-0.1, -0.05) is 0 Å². The average molecular weight is 319 g/mol. The number of anilines is 1. The molecule has 0 radical (unpaired) electrons. The average Bonchev–Trinajstić information content (AvgIpc) is 2.73. The van der Waals surface area contributed by atoms with Gasteiger partial charge in [-0.2, -0.15) is 0 Å². The number of carbonyl (C=O) groups excluding carboxylic acids is 2. The van der Waals surface area contributed by atoms with Crippen LogP contribution in [0.1, 0.15) is 12.8 Å². The van der Waals surface area contributed by atoms with Crippen molar-refractivity contribution in [3.8, 4) is 0 Å². The molecule has 1 saturated heterocycles. The molecule has 1 unspecified atom stereocenters. The van der Waals surface area contributed by atoms with Crippen LogP contribution in [0.4, 0.5) is 14.5 Å². The molecule has 1 aliphatic heterocycles. The van der Waals surface area contributed by atoms with Crippen LogP contribution in [0.3, 0.4) is 0 Å². The lowest BCUT2D eigenvalue weighted by Gasteiger charge is -2.11. The van der Waals surface area contributed by atoms with E-state index in [1.54, 1.807) is 0 Å². The van der Waals surface area contributed by atoms with E-state index in [9.17, 15) is 18.4 Å². The first-order valence-electron chi connectivity index (χ1n) is 5.22. The van der Waals surface area contributed by atoms with Gasteiger partial charge < -0.3 is 10.6 Å². The van der Waals surface area contributed by atoms with Crippen molar-refractivity contribution in [1.29, 1.82) is 0 Å². The molecule has 1 aromatic carbocycles. The lowest BCUT2D eigenvalue weighted by Crippen LogP contribution is -2.37. The van der Waals surface area contributed by atoms with Crippen molar-refractivity contribution in [2.24, 2.45) is 0 Å². The predicted molar refractivity (Wildman–Crippen MR) is 63.9 cm³/mol. The SMILES string of the molecule is O=C1CCC(C(=O)Nc2cc(F)c(Br)cc2F)N1. The summed E-state index contributed by atoms with van der Waals surface area (Å²) < 4.78 is 26.6. The molecule has 2 amide bonds. The third kappa shape index (κ3) is 2.66. The van der Waals surface area contributed by atoms with Crippen molar-refractivity contribution in [2.45, 2.75) is 18.9 Å². The number of amides is 2. The summed E-state index contributed by atoms with van der Waals surface area (Å²) in [5, 5.41) is 4.69. The van der Waals surface area contributed by atoms with Gasteiger partial charge >= 0.3 is 0 Å². The number of rotatable bonds is 2. The van der Waals surface area contributed by atoms with E-state index in [1.807, 2.05) is 0 Å². The summed E-state index contributed by atoms with van der Waals surface area (Å²) in [4.78, 5) is 22.6. The van der Waals surface area contributed by atoms with Gasteiger partial charge in [0.15, 0.2) is 0 Å². The maximum Gasteiger partial charge on any atom is 0.247 e. The summed E-state index contributed by atoms with van der Waals surface area (Å²) in [7, 11) is 0. The van der Waals surface area contributed by atoms with Gasteiger partial charge in [0.2, 0.25) is 11.8 Å². The lowest BCUT2D eigenvalue weighted by molar-refractivity contribution is -0.122. The van der Waals surface area contributed by atoms with Crippen LogP contribution in [0.2, 0.25) is 0 Å². The third-order valence-electron chi connectivity index (χ3n) is 2.58. The Bertz CT molecular complexity index is 522. The number of nitrogens with one attached hydrogen (secondary N) is 2. The molecule has 18 heavy (non-hydrogen) atoms. The second-order valence-corrected chi connectivity index (χ2v) is 4.75. The first-order chi connectivity index (χ1) is 8.47. The van der Waals surface area contributed by atoms with E-state index >= 15 is 0 Å². The summed E-state index contributed by atoms with van der Waals surface area (Å²) >= 11 is 2.84. The Kier molecular flexibility index (Phi) is 3.60. The second kappa shape index (κ2) is 5.01. The number of halogens is 3. The van der Waals surface area contributed by atoms with Crippen LogP contribution in [0, 0.1) is 11.6 Å². The minimum atomic E-state index is -0.749. The van der Waals surface area contributed by atoms with E-state index in [1.165, 1.54) is 0 Å². The third-order valence-corrected chi connectivity index (χ3v) is 3.19. The highest BCUT2D eigenvalue weighted by Gasteiger charge is 2.27. The van der Waals surface area contributed by atoms with Crippen molar-refractivity contribution in [3.63, 3.8) is 0 Å². The Hall–Kier alpha value is -1.50. The maximum atomic E-state index is 13.5. The summed E-state index contributed by atoms with van der Waals surface area (Å²) in [6, 6.07) is 1.12. The molecule has 0 spiro atoms. The quantitative estimate of drug-likeness (QED) is 0.819. The Morgan fingerprint density at radius 3 is 2.72 bits per heavy atom. The van der Waals surface area contributed by atoms with Gasteiger partial charge in [-0.25, -0.2) is 8.78 Å². The van der Waals surface area contributed by atoms with Gasteiger partial charge in [0, 0.05) is 12.5 Å². The van der Waals surface area contributed by atoms with Crippen LogP contribution in [0.15, 0.2) is 16.6 Å². The molecule has 0 saturated carbocycles. The molecule has 0 aliphatic carbocycles. The number of hydrogen-bond donors (Lipinski definition) is 2. The highest BCUT2D eigenvalue weighted by Crippen LogP contribution is 2.23. The molecule has 4 nitrogen and oxygen atoms in total.